The van der Waals surface area contributed by atoms with Gasteiger partial charge in [0.1, 0.15) is 5.82 Å². The topological polar surface area (TPSA) is 32.3 Å². The smallest absolute Gasteiger partial charge is 0.224 e. The lowest BCUT2D eigenvalue weighted by molar-refractivity contribution is -0.120. The fourth-order valence-electron chi connectivity index (χ4n) is 1.77. The molecule has 0 heterocycles. The molecule has 100 valence electrons. The number of halogens is 1. The van der Waals surface area contributed by atoms with Crippen LogP contribution in [0.4, 0.5) is 4.39 Å². The van der Waals surface area contributed by atoms with Gasteiger partial charge in [0.25, 0.3) is 0 Å². The largest absolute Gasteiger partial charge is 0.355 e. The van der Waals surface area contributed by atoms with Crippen LogP contribution in [0.3, 0.4) is 0 Å². The maximum absolute atomic E-state index is 13.3. The molecule has 0 aliphatic heterocycles. The van der Waals surface area contributed by atoms with Crippen LogP contribution in [0.15, 0.2) is 24.3 Å². The van der Waals surface area contributed by atoms with Gasteiger partial charge in [0, 0.05) is 13.1 Å². The van der Waals surface area contributed by atoms with Crippen LogP contribution in [-0.4, -0.2) is 37.0 Å². The third kappa shape index (κ3) is 4.84. The molecule has 4 heteroatoms. The number of rotatable bonds is 7. The van der Waals surface area contributed by atoms with Crippen LogP contribution < -0.4 is 5.32 Å². The summed E-state index contributed by atoms with van der Waals surface area (Å²) in [5.74, 6) is -0.455. The minimum Gasteiger partial charge on any atom is -0.355 e. The monoisotopic (exact) mass is 252 g/mol. The molecule has 1 rings (SSSR count). The van der Waals surface area contributed by atoms with Gasteiger partial charge >= 0.3 is 0 Å². The van der Waals surface area contributed by atoms with E-state index in [1.807, 2.05) is 0 Å². The molecule has 1 aromatic carbocycles. The summed E-state index contributed by atoms with van der Waals surface area (Å²) < 4.78 is 13.3. The number of amides is 1. The fourth-order valence-corrected chi connectivity index (χ4v) is 1.77. The first-order valence-corrected chi connectivity index (χ1v) is 6.39. The summed E-state index contributed by atoms with van der Waals surface area (Å²) in [4.78, 5) is 13.9. The van der Waals surface area contributed by atoms with Gasteiger partial charge < -0.3 is 10.2 Å². The number of carbonyl (C=O) groups is 1. The molecule has 0 atom stereocenters. The number of nitrogens with zero attached hydrogens (tertiary/aromatic N) is 1. The molecule has 0 bridgehead atoms. The first kappa shape index (κ1) is 14.6. The maximum atomic E-state index is 13.3. The Morgan fingerprint density at radius 2 is 1.94 bits per heavy atom. The fraction of sp³-hybridized carbons (Fsp3) is 0.500. The van der Waals surface area contributed by atoms with Crippen LogP contribution in [0, 0.1) is 5.82 Å². The third-order valence-electron chi connectivity index (χ3n) is 2.95. The molecule has 0 aliphatic carbocycles. The first-order chi connectivity index (χ1) is 8.67. The van der Waals surface area contributed by atoms with Crippen LogP contribution in [0.1, 0.15) is 19.4 Å². The van der Waals surface area contributed by atoms with Crippen molar-refractivity contribution in [2.24, 2.45) is 0 Å². The summed E-state index contributed by atoms with van der Waals surface area (Å²) in [5, 5.41) is 2.81. The Bertz CT molecular complexity index is 378. The van der Waals surface area contributed by atoms with E-state index < -0.39 is 0 Å². The first-order valence-electron chi connectivity index (χ1n) is 6.39. The van der Waals surface area contributed by atoms with Crippen molar-refractivity contribution in [2.45, 2.75) is 20.3 Å². The molecule has 0 radical (unpaired) electrons. The van der Waals surface area contributed by atoms with Crippen molar-refractivity contribution in [1.82, 2.24) is 10.2 Å². The van der Waals surface area contributed by atoms with E-state index in [9.17, 15) is 9.18 Å². The molecule has 1 aromatic rings. The molecule has 0 saturated carbocycles. The van der Waals surface area contributed by atoms with Crippen molar-refractivity contribution in [1.29, 1.82) is 0 Å². The van der Waals surface area contributed by atoms with E-state index in [1.54, 1.807) is 18.2 Å². The molecule has 1 amide bonds. The van der Waals surface area contributed by atoms with Gasteiger partial charge in [0.05, 0.1) is 6.42 Å². The second-order valence-electron chi connectivity index (χ2n) is 4.15. The molecule has 0 fully saturated rings. The van der Waals surface area contributed by atoms with E-state index in [2.05, 4.69) is 24.1 Å². The number of carbonyl (C=O) groups excluding carboxylic acids is 1. The number of benzene rings is 1. The highest BCUT2D eigenvalue weighted by molar-refractivity contribution is 5.78. The Labute approximate surface area is 108 Å². The van der Waals surface area contributed by atoms with E-state index >= 15 is 0 Å². The molecule has 0 aliphatic rings. The van der Waals surface area contributed by atoms with Crippen molar-refractivity contribution in [3.8, 4) is 0 Å². The Balaban J connectivity index is 2.32. The zero-order valence-corrected chi connectivity index (χ0v) is 11.1. The van der Waals surface area contributed by atoms with Crippen LogP contribution in [-0.2, 0) is 11.2 Å². The second kappa shape index (κ2) is 7.82. The Morgan fingerprint density at radius 1 is 1.28 bits per heavy atom. The summed E-state index contributed by atoms with van der Waals surface area (Å²) in [6, 6.07) is 6.37. The molecular weight excluding hydrogens is 231 g/mol. The van der Waals surface area contributed by atoms with E-state index in [0.29, 0.717) is 12.1 Å². The average molecular weight is 252 g/mol. The van der Waals surface area contributed by atoms with Gasteiger partial charge in [-0.05, 0) is 24.7 Å². The van der Waals surface area contributed by atoms with Crippen LogP contribution in [0.25, 0.3) is 0 Å². The van der Waals surface area contributed by atoms with Gasteiger partial charge in [-0.25, -0.2) is 4.39 Å². The van der Waals surface area contributed by atoms with Gasteiger partial charge in [-0.15, -0.1) is 0 Å². The summed E-state index contributed by atoms with van der Waals surface area (Å²) in [7, 11) is 0. The molecule has 0 unspecified atom stereocenters. The highest BCUT2D eigenvalue weighted by Crippen LogP contribution is 2.06. The van der Waals surface area contributed by atoms with Gasteiger partial charge in [0.2, 0.25) is 5.91 Å². The molecule has 0 aromatic heterocycles. The minimum atomic E-state index is -0.323. The molecule has 3 nitrogen and oxygen atoms in total. The molecule has 0 saturated heterocycles. The Hall–Kier alpha value is -1.42. The van der Waals surface area contributed by atoms with Crippen molar-refractivity contribution < 1.29 is 9.18 Å². The van der Waals surface area contributed by atoms with E-state index in [4.69, 9.17) is 0 Å². The Kier molecular flexibility index (Phi) is 6.36. The zero-order chi connectivity index (χ0) is 13.4. The highest BCUT2D eigenvalue weighted by atomic mass is 19.1. The minimum absolute atomic E-state index is 0.102. The second-order valence-corrected chi connectivity index (χ2v) is 4.15. The normalized spacial score (nSPS) is 10.7. The van der Waals surface area contributed by atoms with Crippen molar-refractivity contribution >= 4 is 5.91 Å². The van der Waals surface area contributed by atoms with Crippen molar-refractivity contribution in [3.63, 3.8) is 0 Å². The standard InChI is InChI=1S/C14H21FN2O/c1-3-17(4-2)10-9-16-14(18)11-12-7-5-6-8-13(12)15/h5-8H,3-4,9-11H2,1-2H3,(H,16,18). The summed E-state index contributed by atoms with van der Waals surface area (Å²) in [6.07, 6.45) is 0.102. The third-order valence-corrected chi connectivity index (χ3v) is 2.95. The van der Waals surface area contributed by atoms with Gasteiger partial charge in [-0.1, -0.05) is 32.0 Å². The van der Waals surface area contributed by atoms with Crippen LogP contribution in [0.2, 0.25) is 0 Å². The van der Waals surface area contributed by atoms with Crippen LogP contribution >= 0.6 is 0 Å². The van der Waals surface area contributed by atoms with E-state index in [0.717, 1.165) is 19.6 Å². The molecular formula is C14H21FN2O. The van der Waals surface area contributed by atoms with Gasteiger partial charge in [-0.2, -0.15) is 0 Å². The SMILES string of the molecule is CCN(CC)CCNC(=O)Cc1ccccc1F. The van der Waals surface area contributed by atoms with Crippen molar-refractivity contribution in [3.05, 3.63) is 35.6 Å². The summed E-state index contributed by atoms with van der Waals surface area (Å²) in [5.41, 5.74) is 0.442. The Morgan fingerprint density at radius 3 is 2.56 bits per heavy atom. The summed E-state index contributed by atoms with van der Waals surface area (Å²) in [6.45, 7) is 7.56. The van der Waals surface area contributed by atoms with E-state index in [-0.39, 0.29) is 18.1 Å². The number of hydrogen-bond donors (Lipinski definition) is 1. The quantitative estimate of drug-likeness (QED) is 0.803. The average Bonchev–Trinajstić information content (AvgIpc) is 2.37. The van der Waals surface area contributed by atoms with Crippen molar-refractivity contribution in [2.75, 3.05) is 26.2 Å². The van der Waals surface area contributed by atoms with Gasteiger partial charge in [-0.3, -0.25) is 4.79 Å². The highest BCUT2D eigenvalue weighted by Gasteiger charge is 2.07. The predicted octanol–water partition coefficient (Wildman–Crippen LogP) is 1.83. The van der Waals surface area contributed by atoms with Crippen LogP contribution in [0.5, 0.6) is 0 Å². The predicted molar refractivity (Wildman–Crippen MR) is 70.9 cm³/mol. The maximum Gasteiger partial charge on any atom is 0.224 e. The number of nitrogens with one attached hydrogen (secondary N) is 1. The zero-order valence-electron chi connectivity index (χ0n) is 11.1. The summed E-state index contributed by atoms with van der Waals surface area (Å²) >= 11 is 0. The lowest BCUT2D eigenvalue weighted by Crippen LogP contribution is -2.35. The van der Waals surface area contributed by atoms with E-state index in [1.165, 1.54) is 6.07 Å². The lowest BCUT2D eigenvalue weighted by Gasteiger charge is -2.17. The molecule has 1 N–H and O–H groups in total. The number of likely N-dealkylation sites (N-methyl/N-ethyl adjacent to an activating group) is 1. The van der Waals surface area contributed by atoms with Gasteiger partial charge in [0.15, 0.2) is 0 Å². The molecule has 18 heavy (non-hydrogen) atoms. The lowest BCUT2D eigenvalue weighted by atomic mass is 10.1. The molecule has 0 spiro atoms. The number of hydrogen-bond acceptors (Lipinski definition) is 2.